The van der Waals surface area contributed by atoms with Gasteiger partial charge in [0.15, 0.2) is 5.69 Å². The molecule has 0 bridgehead atoms. The Hall–Kier alpha value is -2.35. The van der Waals surface area contributed by atoms with Gasteiger partial charge in [-0.05, 0) is 18.2 Å². The predicted molar refractivity (Wildman–Crippen MR) is 68.7 cm³/mol. The number of benzene rings is 1. The molecule has 2 rings (SSSR count). The van der Waals surface area contributed by atoms with Crippen molar-refractivity contribution < 1.29 is 23.1 Å². The van der Waals surface area contributed by atoms with Crippen LogP contribution in [0.3, 0.4) is 0 Å². The van der Waals surface area contributed by atoms with E-state index in [0.717, 1.165) is 24.4 Å². The Morgan fingerprint density at radius 2 is 2.00 bits per heavy atom. The van der Waals surface area contributed by atoms with Crippen LogP contribution in [-0.2, 0) is 6.18 Å². The lowest BCUT2D eigenvalue weighted by molar-refractivity contribution is -0.137. The largest absolute Gasteiger partial charge is 0.476 e. The van der Waals surface area contributed by atoms with E-state index >= 15 is 0 Å². The molecule has 0 saturated carbocycles. The lowest BCUT2D eigenvalue weighted by Crippen LogP contribution is -2.07. The first-order valence-corrected chi connectivity index (χ1v) is 5.84. The SMILES string of the molecule is O=C(O)c1cncc(Nc2cc(C(F)(F)F)ccc2Cl)n1. The van der Waals surface area contributed by atoms with Crippen LogP contribution in [0.2, 0.25) is 5.02 Å². The molecule has 0 aliphatic heterocycles. The molecule has 0 aliphatic rings. The Morgan fingerprint density at radius 1 is 1.29 bits per heavy atom. The number of anilines is 2. The van der Waals surface area contributed by atoms with E-state index < -0.39 is 17.7 Å². The first-order chi connectivity index (χ1) is 9.77. The third-order valence-electron chi connectivity index (χ3n) is 2.41. The van der Waals surface area contributed by atoms with E-state index in [0.29, 0.717) is 0 Å². The summed E-state index contributed by atoms with van der Waals surface area (Å²) in [7, 11) is 0. The zero-order chi connectivity index (χ0) is 15.6. The minimum Gasteiger partial charge on any atom is -0.476 e. The van der Waals surface area contributed by atoms with Crippen LogP contribution in [0, 0.1) is 0 Å². The van der Waals surface area contributed by atoms with Crippen molar-refractivity contribution >= 4 is 29.1 Å². The number of rotatable bonds is 3. The van der Waals surface area contributed by atoms with Gasteiger partial charge in [-0.15, -0.1) is 0 Å². The number of hydrogen-bond acceptors (Lipinski definition) is 4. The van der Waals surface area contributed by atoms with Gasteiger partial charge in [-0.25, -0.2) is 9.78 Å². The van der Waals surface area contributed by atoms with E-state index in [-0.39, 0.29) is 22.2 Å². The number of nitrogens with zero attached hydrogens (tertiary/aromatic N) is 2. The molecule has 1 aromatic carbocycles. The highest BCUT2D eigenvalue weighted by Crippen LogP contribution is 2.34. The van der Waals surface area contributed by atoms with Crippen LogP contribution < -0.4 is 5.32 Å². The summed E-state index contributed by atoms with van der Waals surface area (Å²) in [5, 5.41) is 11.3. The number of aromatic carboxylic acids is 1. The highest BCUT2D eigenvalue weighted by atomic mass is 35.5. The second kappa shape index (κ2) is 5.57. The molecule has 110 valence electrons. The fourth-order valence-electron chi connectivity index (χ4n) is 1.46. The van der Waals surface area contributed by atoms with Crippen LogP contribution in [0.1, 0.15) is 16.1 Å². The van der Waals surface area contributed by atoms with E-state index in [9.17, 15) is 18.0 Å². The molecule has 1 heterocycles. The molecule has 0 aliphatic carbocycles. The van der Waals surface area contributed by atoms with Gasteiger partial charge in [0.25, 0.3) is 0 Å². The molecule has 0 radical (unpaired) electrons. The molecule has 0 unspecified atom stereocenters. The zero-order valence-corrected chi connectivity index (χ0v) is 10.9. The van der Waals surface area contributed by atoms with Crippen LogP contribution in [0.5, 0.6) is 0 Å². The Bertz CT molecular complexity index is 692. The second-order valence-corrected chi connectivity index (χ2v) is 4.32. The van der Waals surface area contributed by atoms with Crippen molar-refractivity contribution in [2.45, 2.75) is 6.18 Å². The van der Waals surface area contributed by atoms with E-state index in [1.165, 1.54) is 6.20 Å². The smallest absolute Gasteiger partial charge is 0.416 e. The van der Waals surface area contributed by atoms with E-state index in [1.54, 1.807) is 0 Å². The summed E-state index contributed by atoms with van der Waals surface area (Å²) in [6.07, 6.45) is -2.33. The number of alkyl halides is 3. The minimum atomic E-state index is -4.52. The third kappa shape index (κ3) is 3.60. The number of aromatic nitrogens is 2. The first kappa shape index (κ1) is 15.0. The molecule has 1 aromatic heterocycles. The lowest BCUT2D eigenvalue weighted by Gasteiger charge is -2.11. The molecule has 0 atom stereocenters. The number of carbonyl (C=O) groups is 1. The maximum atomic E-state index is 12.6. The zero-order valence-electron chi connectivity index (χ0n) is 10.1. The van der Waals surface area contributed by atoms with Crippen molar-refractivity contribution in [1.29, 1.82) is 0 Å². The Morgan fingerprint density at radius 3 is 2.62 bits per heavy atom. The van der Waals surface area contributed by atoms with Crippen molar-refractivity contribution in [2.24, 2.45) is 0 Å². The van der Waals surface area contributed by atoms with Gasteiger partial charge in [0.2, 0.25) is 0 Å². The van der Waals surface area contributed by atoms with Gasteiger partial charge in [-0.1, -0.05) is 11.6 Å². The summed E-state index contributed by atoms with van der Waals surface area (Å²) < 4.78 is 37.9. The van der Waals surface area contributed by atoms with Gasteiger partial charge >= 0.3 is 12.1 Å². The van der Waals surface area contributed by atoms with Crippen LogP contribution in [-0.4, -0.2) is 21.0 Å². The molecular weight excluding hydrogens is 311 g/mol. The molecule has 21 heavy (non-hydrogen) atoms. The fourth-order valence-corrected chi connectivity index (χ4v) is 1.63. The topological polar surface area (TPSA) is 75.1 Å². The first-order valence-electron chi connectivity index (χ1n) is 5.46. The Kier molecular flexibility index (Phi) is 3.99. The second-order valence-electron chi connectivity index (χ2n) is 3.91. The molecule has 9 heteroatoms. The van der Waals surface area contributed by atoms with Gasteiger partial charge in [-0.2, -0.15) is 13.2 Å². The molecule has 2 N–H and O–H groups in total. The maximum Gasteiger partial charge on any atom is 0.416 e. The molecular formula is C12H7ClF3N3O2. The van der Waals surface area contributed by atoms with Crippen LogP contribution >= 0.6 is 11.6 Å². The predicted octanol–water partition coefficient (Wildman–Crippen LogP) is 3.59. The van der Waals surface area contributed by atoms with Crippen LogP contribution in [0.4, 0.5) is 24.7 Å². The average molecular weight is 318 g/mol. The summed E-state index contributed by atoms with van der Waals surface area (Å²) >= 11 is 5.80. The minimum absolute atomic E-state index is 0.0314. The van der Waals surface area contributed by atoms with Gasteiger partial charge in [0.1, 0.15) is 5.82 Å². The summed E-state index contributed by atoms with van der Waals surface area (Å²) in [5.74, 6) is -1.34. The summed E-state index contributed by atoms with van der Waals surface area (Å²) in [6, 6.07) is 2.73. The molecule has 0 amide bonds. The highest BCUT2D eigenvalue weighted by Gasteiger charge is 2.31. The van der Waals surface area contributed by atoms with Crippen molar-refractivity contribution in [3.8, 4) is 0 Å². The van der Waals surface area contributed by atoms with Gasteiger partial charge < -0.3 is 10.4 Å². The summed E-state index contributed by atoms with van der Waals surface area (Å²) in [4.78, 5) is 18.1. The quantitative estimate of drug-likeness (QED) is 0.904. The number of carboxylic acid groups (broad SMARTS) is 1. The molecule has 0 saturated heterocycles. The molecule has 0 spiro atoms. The number of carboxylic acids is 1. The third-order valence-corrected chi connectivity index (χ3v) is 2.74. The number of hydrogen-bond donors (Lipinski definition) is 2. The monoisotopic (exact) mass is 317 g/mol. The Balaban J connectivity index is 2.35. The van der Waals surface area contributed by atoms with Gasteiger partial charge in [-0.3, -0.25) is 4.98 Å². The molecule has 2 aromatic rings. The van der Waals surface area contributed by atoms with Crippen molar-refractivity contribution in [1.82, 2.24) is 9.97 Å². The van der Waals surface area contributed by atoms with Crippen molar-refractivity contribution in [3.63, 3.8) is 0 Å². The van der Waals surface area contributed by atoms with Crippen molar-refractivity contribution in [2.75, 3.05) is 5.32 Å². The summed E-state index contributed by atoms with van der Waals surface area (Å²) in [6.45, 7) is 0. The van der Waals surface area contributed by atoms with Gasteiger partial charge in [0, 0.05) is 0 Å². The normalized spacial score (nSPS) is 11.2. The van der Waals surface area contributed by atoms with E-state index in [4.69, 9.17) is 16.7 Å². The summed E-state index contributed by atoms with van der Waals surface area (Å²) in [5.41, 5.74) is -1.29. The molecule has 5 nitrogen and oxygen atoms in total. The molecule has 0 fully saturated rings. The average Bonchev–Trinajstić information content (AvgIpc) is 2.40. The lowest BCUT2D eigenvalue weighted by atomic mass is 10.2. The highest BCUT2D eigenvalue weighted by molar-refractivity contribution is 6.33. The van der Waals surface area contributed by atoms with E-state index in [1.807, 2.05) is 0 Å². The van der Waals surface area contributed by atoms with Crippen molar-refractivity contribution in [3.05, 3.63) is 46.9 Å². The van der Waals surface area contributed by atoms with Gasteiger partial charge in [0.05, 0.1) is 28.7 Å². The van der Waals surface area contributed by atoms with Crippen LogP contribution in [0.25, 0.3) is 0 Å². The standard InChI is InChI=1S/C12H7ClF3N3O2/c13-7-2-1-6(12(14,15)16)3-8(7)18-10-5-17-4-9(19-10)11(20)21/h1-5H,(H,18,19)(H,20,21). The maximum absolute atomic E-state index is 12.6. The van der Waals surface area contributed by atoms with E-state index in [2.05, 4.69) is 15.3 Å². The number of halogens is 4. The Labute approximate surface area is 121 Å². The fraction of sp³-hybridized carbons (Fsp3) is 0.0833. The number of nitrogens with one attached hydrogen (secondary N) is 1. The van der Waals surface area contributed by atoms with Crippen LogP contribution in [0.15, 0.2) is 30.6 Å².